The molecule has 5 rings (SSSR count). The Morgan fingerprint density at radius 2 is 2.06 bits per heavy atom. The summed E-state index contributed by atoms with van der Waals surface area (Å²) in [6, 6.07) is 4.12. The van der Waals surface area contributed by atoms with E-state index >= 15 is 0 Å². The molecule has 1 aliphatic carbocycles. The van der Waals surface area contributed by atoms with Gasteiger partial charge in [0.15, 0.2) is 0 Å². The van der Waals surface area contributed by atoms with Crippen LogP contribution in [0.25, 0.3) is 0 Å². The normalized spacial score (nSPS) is 26.9. The van der Waals surface area contributed by atoms with Crippen LogP contribution < -0.4 is 26.4 Å². The number of allylic oxidation sites excluding steroid dienone is 1. The molecule has 1 aromatic rings. The first-order valence-corrected chi connectivity index (χ1v) is 11.7. The molecule has 33 heavy (non-hydrogen) atoms. The van der Waals surface area contributed by atoms with Crippen LogP contribution in [0.1, 0.15) is 37.3 Å². The number of hydrazone groups is 1. The van der Waals surface area contributed by atoms with Crippen molar-refractivity contribution in [2.75, 3.05) is 26.7 Å². The van der Waals surface area contributed by atoms with Gasteiger partial charge in [0, 0.05) is 44.0 Å². The van der Waals surface area contributed by atoms with Crippen molar-refractivity contribution in [3.8, 4) is 5.88 Å². The van der Waals surface area contributed by atoms with Crippen molar-refractivity contribution >= 4 is 12.4 Å². The van der Waals surface area contributed by atoms with Gasteiger partial charge >= 0.3 is 6.03 Å². The summed E-state index contributed by atoms with van der Waals surface area (Å²) in [5, 5.41) is 16.5. The topological polar surface area (TPSA) is 120 Å². The van der Waals surface area contributed by atoms with Gasteiger partial charge in [0.2, 0.25) is 5.88 Å². The maximum absolute atomic E-state index is 13.0. The minimum atomic E-state index is -0.234. The SMILES string of the molecule is COc1cc(C2C=CC3=C(N)N(C(=O)N[C@H]4CC[C@H](NCC5CNC5)CC4)C=NN32)ccn1. The van der Waals surface area contributed by atoms with E-state index in [-0.39, 0.29) is 18.1 Å². The van der Waals surface area contributed by atoms with E-state index in [9.17, 15) is 4.79 Å². The Bertz CT molecular complexity index is 965. The number of nitrogens with zero attached hydrogens (tertiary/aromatic N) is 4. The first kappa shape index (κ1) is 21.7. The molecule has 1 saturated heterocycles. The zero-order valence-electron chi connectivity index (χ0n) is 18.9. The monoisotopic (exact) mass is 452 g/mol. The summed E-state index contributed by atoms with van der Waals surface area (Å²) in [4.78, 5) is 18.5. The summed E-state index contributed by atoms with van der Waals surface area (Å²) < 4.78 is 5.23. The number of amides is 2. The molecular weight excluding hydrogens is 420 g/mol. The molecule has 10 nitrogen and oxygen atoms in total. The van der Waals surface area contributed by atoms with Crippen LogP contribution in [-0.2, 0) is 0 Å². The minimum absolute atomic E-state index is 0.129. The number of nitrogens with two attached hydrogens (primary N) is 1. The highest BCUT2D eigenvalue weighted by molar-refractivity contribution is 5.89. The van der Waals surface area contributed by atoms with Crippen molar-refractivity contribution < 1.29 is 9.53 Å². The third-order valence-corrected chi connectivity index (χ3v) is 6.90. The molecule has 5 N–H and O–H groups in total. The highest BCUT2D eigenvalue weighted by atomic mass is 16.5. The van der Waals surface area contributed by atoms with Crippen molar-refractivity contribution in [1.82, 2.24) is 30.8 Å². The van der Waals surface area contributed by atoms with Crippen molar-refractivity contribution in [3.05, 3.63) is 47.6 Å². The second kappa shape index (κ2) is 9.40. The smallest absolute Gasteiger partial charge is 0.328 e. The molecule has 2 amide bonds. The van der Waals surface area contributed by atoms with Gasteiger partial charge in [0.05, 0.1) is 13.2 Å². The molecule has 10 heteroatoms. The number of fused-ring (bicyclic) bond motifs is 1. The van der Waals surface area contributed by atoms with Crippen LogP contribution in [-0.4, -0.2) is 66.1 Å². The van der Waals surface area contributed by atoms with E-state index in [2.05, 4.69) is 26.0 Å². The number of hydrogen-bond donors (Lipinski definition) is 4. The Balaban J connectivity index is 1.16. The summed E-state index contributed by atoms with van der Waals surface area (Å²) in [5.41, 5.74) is 8.07. The summed E-state index contributed by atoms with van der Waals surface area (Å²) in [7, 11) is 1.59. The Hall–Kier alpha value is -3.11. The van der Waals surface area contributed by atoms with Gasteiger partial charge in [0.25, 0.3) is 0 Å². The van der Waals surface area contributed by atoms with Crippen LogP contribution >= 0.6 is 0 Å². The first-order chi connectivity index (χ1) is 16.1. The fourth-order valence-electron chi connectivity index (χ4n) is 4.77. The van der Waals surface area contributed by atoms with E-state index < -0.39 is 0 Å². The second-order valence-corrected chi connectivity index (χ2v) is 9.08. The number of nitrogens with one attached hydrogen (secondary N) is 3. The largest absolute Gasteiger partial charge is 0.481 e. The summed E-state index contributed by atoms with van der Waals surface area (Å²) in [6.07, 6.45) is 11.2. The number of pyridine rings is 1. The van der Waals surface area contributed by atoms with Gasteiger partial charge in [-0.1, -0.05) is 6.08 Å². The number of ether oxygens (including phenoxy) is 1. The van der Waals surface area contributed by atoms with Gasteiger partial charge in [0.1, 0.15) is 17.9 Å². The molecule has 0 radical (unpaired) electrons. The molecule has 1 unspecified atom stereocenters. The molecule has 1 aromatic heterocycles. The average Bonchev–Trinajstić information content (AvgIpc) is 3.24. The van der Waals surface area contributed by atoms with Gasteiger partial charge in [-0.25, -0.2) is 19.7 Å². The van der Waals surface area contributed by atoms with E-state index in [1.165, 1.54) is 11.2 Å². The van der Waals surface area contributed by atoms with Crippen molar-refractivity contribution in [2.45, 2.75) is 43.8 Å². The van der Waals surface area contributed by atoms with Gasteiger partial charge in [-0.15, -0.1) is 0 Å². The number of carbonyl (C=O) groups excluding carboxylic acids is 1. The highest BCUT2D eigenvalue weighted by Crippen LogP contribution is 2.36. The molecule has 0 spiro atoms. The summed E-state index contributed by atoms with van der Waals surface area (Å²) >= 11 is 0. The predicted molar refractivity (Wildman–Crippen MR) is 125 cm³/mol. The maximum atomic E-state index is 13.0. The molecule has 0 aromatic carbocycles. The van der Waals surface area contributed by atoms with Crippen LogP contribution in [0.3, 0.4) is 0 Å². The Kier molecular flexibility index (Phi) is 6.19. The lowest BCUT2D eigenvalue weighted by Crippen LogP contribution is -2.51. The van der Waals surface area contributed by atoms with E-state index in [1.54, 1.807) is 13.3 Å². The fraction of sp³-hybridized carbons (Fsp3) is 0.522. The number of aromatic nitrogens is 1. The number of rotatable bonds is 6. The lowest BCUT2D eigenvalue weighted by molar-refractivity contribution is 0.210. The highest BCUT2D eigenvalue weighted by Gasteiger charge is 2.33. The van der Waals surface area contributed by atoms with Crippen LogP contribution in [0.4, 0.5) is 4.79 Å². The van der Waals surface area contributed by atoms with Crippen LogP contribution in [0.2, 0.25) is 0 Å². The van der Waals surface area contributed by atoms with Crippen molar-refractivity contribution in [2.24, 2.45) is 16.8 Å². The van der Waals surface area contributed by atoms with Gasteiger partial charge in [-0.2, -0.15) is 5.10 Å². The fourth-order valence-corrected chi connectivity index (χ4v) is 4.77. The lowest BCUT2D eigenvalue weighted by Gasteiger charge is -2.35. The minimum Gasteiger partial charge on any atom is -0.481 e. The van der Waals surface area contributed by atoms with E-state index in [0.29, 0.717) is 23.4 Å². The van der Waals surface area contributed by atoms with Gasteiger partial charge in [-0.05, 0) is 49.3 Å². The number of methoxy groups -OCH3 is 1. The van der Waals surface area contributed by atoms with Gasteiger partial charge < -0.3 is 26.4 Å². The van der Waals surface area contributed by atoms with E-state index in [4.69, 9.17) is 10.5 Å². The molecular formula is C23H32N8O2. The zero-order valence-corrected chi connectivity index (χ0v) is 18.9. The maximum Gasteiger partial charge on any atom is 0.328 e. The molecule has 0 bridgehead atoms. The first-order valence-electron chi connectivity index (χ1n) is 11.7. The average molecular weight is 453 g/mol. The molecule has 2 fully saturated rings. The number of carbonyl (C=O) groups is 1. The molecule has 176 valence electrons. The van der Waals surface area contributed by atoms with Crippen molar-refractivity contribution in [3.63, 3.8) is 0 Å². The molecule has 4 aliphatic rings. The van der Waals surface area contributed by atoms with E-state index in [1.807, 2.05) is 29.3 Å². The predicted octanol–water partition coefficient (Wildman–Crippen LogP) is 1.22. The van der Waals surface area contributed by atoms with Crippen LogP contribution in [0, 0.1) is 5.92 Å². The van der Waals surface area contributed by atoms with E-state index in [0.717, 1.165) is 56.8 Å². The molecule has 1 saturated carbocycles. The van der Waals surface area contributed by atoms with Gasteiger partial charge in [-0.3, -0.25) is 0 Å². The standard InChI is InChI=1S/C23H32N8O2/c1-33-21-10-16(8-9-26-21)19-6-7-20-22(24)30(14-28-31(19)20)23(32)29-18-4-2-17(3-5-18)27-13-15-11-25-12-15/h6-10,14-15,17-19,25,27H,2-5,11-13,24H2,1H3,(H,29,32)/t17-,18-,19?. The summed E-state index contributed by atoms with van der Waals surface area (Å²) in [5.74, 6) is 1.67. The number of urea groups is 1. The Morgan fingerprint density at radius 1 is 1.27 bits per heavy atom. The second-order valence-electron chi connectivity index (χ2n) is 9.08. The van der Waals surface area contributed by atoms with Crippen LogP contribution in [0.15, 0.2) is 47.1 Å². The summed E-state index contributed by atoms with van der Waals surface area (Å²) in [6.45, 7) is 3.33. The molecule has 3 aliphatic heterocycles. The Morgan fingerprint density at radius 3 is 2.79 bits per heavy atom. The quantitative estimate of drug-likeness (QED) is 0.512. The third-order valence-electron chi connectivity index (χ3n) is 6.90. The molecule has 1 atom stereocenters. The Labute approximate surface area is 193 Å². The molecule has 4 heterocycles. The van der Waals surface area contributed by atoms with Crippen molar-refractivity contribution in [1.29, 1.82) is 0 Å². The zero-order chi connectivity index (χ0) is 22.8. The van der Waals surface area contributed by atoms with Crippen LogP contribution in [0.5, 0.6) is 5.88 Å². The lowest BCUT2D eigenvalue weighted by atomic mass is 9.90. The third kappa shape index (κ3) is 4.53. The number of hydrogen-bond acceptors (Lipinski definition) is 8.